The standard InChI is InChI=1S/C22H45NO2.ClH/c1-4-5-6-7-8-9-10-11-12-13-14-15-16-17-18-19-22(24)25-21-20-23(2)3;/h4-21H2,1-3H3;1H. The van der Waals surface area contributed by atoms with Crippen molar-refractivity contribution in [3.8, 4) is 0 Å². The summed E-state index contributed by atoms with van der Waals surface area (Å²) in [7, 11) is 3.98. The number of likely N-dealkylation sites (N-methyl/N-ethyl adjacent to an activating group) is 1. The molecule has 0 saturated heterocycles. The number of rotatable bonds is 19. The second-order valence-electron chi connectivity index (χ2n) is 7.72. The van der Waals surface area contributed by atoms with Gasteiger partial charge in [-0.05, 0) is 20.5 Å². The number of unbranched alkanes of at least 4 members (excludes halogenated alkanes) is 14. The van der Waals surface area contributed by atoms with Gasteiger partial charge in [0.05, 0.1) is 0 Å². The molecule has 0 atom stereocenters. The molecule has 0 fully saturated rings. The van der Waals surface area contributed by atoms with Crippen molar-refractivity contribution in [2.45, 2.75) is 110 Å². The summed E-state index contributed by atoms with van der Waals surface area (Å²) in [4.78, 5) is 13.5. The minimum Gasteiger partial charge on any atom is -0.464 e. The van der Waals surface area contributed by atoms with Crippen LogP contribution in [0.2, 0.25) is 0 Å². The van der Waals surface area contributed by atoms with Gasteiger partial charge in [-0.25, -0.2) is 0 Å². The highest BCUT2D eigenvalue weighted by molar-refractivity contribution is 5.85. The van der Waals surface area contributed by atoms with E-state index < -0.39 is 0 Å². The fourth-order valence-electron chi connectivity index (χ4n) is 3.05. The lowest BCUT2D eigenvalue weighted by molar-refractivity contribution is -0.144. The second kappa shape index (κ2) is 22.8. The number of esters is 1. The molecule has 0 saturated carbocycles. The smallest absolute Gasteiger partial charge is 0.305 e. The van der Waals surface area contributed by atoms with E-state index in [0.29, 0.717) is 13.0 Å². The largest absolute Gasteiger partial charge is 0.464 e. The van der Waals surface area contributed by atoms with E-state index in [1.165, 1.54) is 89.9 Å². The van der Waals surface area contributed by atoms with Crippen LogP contribution in [0.1, 0.15) is 110 Å². The number of hydrogen-bond donors (Lipinski definition) is 0. The molecule has 0 bridgehead atoms. The van der Waals surface area contributed by atoms with E-state index in [9.17, 15) is 4.79 Å². The van der Waals surface area contributed by atoms with E-state index in [1.807, 2.05) is 19.0 Å². The molecule has 0 N–H and O–H groups in total. The van der Waals surface area contributed by atoms with Crippen molar-refractivity contribution in [3.63, 3.8) is 0 Å². The summed E-state index contributed by atoms with van der Waals surface area (Å²) in [5.74, 6) is -0.0310. The van der Waals surface area contributed by atoms with Gasteiger partial charge in [0.15, 0.2) is 0 Å². The van der Waals surface area contributed by atoms with Crippen molar-refractivity contribution in [1.29, 1.82) is 0 Å². The van der Waals surface area contributed by atoms with Gasteiger partial charge in [0.1, 0.15) is 6.61 Å². The Morgan fingerprint density at radius 3 is 1.46 bits per heavy atom. The molecule has 0 aliphatic rings. The normalized spacial score (nSPS) is 10.8. The third kappa shape index (κ3) is 23.7. The summed E-state index contributed by atoms with van der Waals surface area (Å²) in [6.07, 6.45) is 20.9. The van der Waals surface area contributed by atoms with Gasteiger partial charge in [0.2, 0.25) is 0 Å². The monoisotopic (exact) mass is 391 g/mol. The van der Waals surface area contributed by atoms with Gasteiger partial charge in [-0.1, -0.05) is 96.8 Å². The third-order valence-electron chi connectivity index (χ3n) is 4.79. The predicted molar refractivity (Wildman–Crippen MR) is 116 cm³/mol. The third-order valence-corrected chi connectivity index (χ3v) is 4.79. The second-order valence-corrected chi connectivity index (χ2v) is 7.72. The zero-order chi connectivity index (χ0) is 18.6. The first kappa shape index (κ1) is 27.9. The maximum absolute atomic E-state index is 11.5. The highest BCUT2D eigenvalue weighted by atomic mass is 35.5. The van der Waals surface area contributed by atoms with Gasteiger partial charge in [-0.15, -0.1) is 12.4 Å². The quantitative estimate of drug-likeness (QED) is 0.179. The highest BCUT2D eigenvalue weighted by Crippen LogP contribution is 2.13. The van der Waals surface area contributed by atoms with Crippen LogP contribution in [0.3, 0.4) is 0 Å². The Hall–Kier alpha value is -0.280. The molecule has 0 rings (SSSR count). The predicted octanol–water partition coefficient (Wildman–Crippen LogP) is 6.77. The maximum Gasteiger partial charge on any atom is 0.305 e. The van der Waals surface area contributed by atoms with Crippen molar-refractivity contribution in [2.24, 2.45) is 0 Å². The van der Waals surface area contributed by atoms with Crippen molar-refractivity contribution >= 4 is 18.4 Å². The molecule has 0 aliphatic carbocycles. The van der Waals surface area contributed by atoms with Crippen molar-refractivity contribution < 1.29 is 9.53 Å². The molecule has 0 radical (unpaired) electrons. The summed E-state index contributed by atoms with van der Waals surface area (Å²) in [5.41, 5.74) is 0. The summed E-state index contributed by atoms with van der Waals surface area (Å²) < 4.78 is 5.19. The van der Waals surface area contributed by atoms with Gasteiger partial charge in [0, 0.05) is 13.0 Å². The van der Waals surface area contributed by atoms with Crippen LogP contribution in [-0.4, -0.2) is 38.1 Å². The van der Waals surface area contributed by atoms with E-state index >= 15 is 0 Å². The van der Waals surface area contributed by atoms with Crippen LogP contribution in [-0.2, 0) is 9.53 Å². The zero-order valence-corrected chi connectivity index (χ0v) is 18.7. The average Bonchev–Trinajstić information content (AvgIpc) is 2.58. The Morgan fingerprint density at radius 2 is 1.08 bits per heavy atom. The number of ether oxygens (including phenoxy) is 1. The lowest BCUT2D eigenvalue weighted by Gasteiger charge is -2.09. The molecule has 0 aromatic heterocycles. The first-order chi connectivity index (χ1) is 12.2. The van der Waals surface area contributed by atoms with E-state index in [0.717, 1.165) is 13.0 Å². The molecule has 0 aromatic carbocycles. The van der Waals surface area contributed by atoms with E-state index in [-0.39, 0.29) is 18.4 Å². The summed E-state index contributed by atoms with van der Waals surface area (Å²) >= 11 is 0. The van der Waals surface area contributed by atoms with E-state index in [2.05, 4.69) is 6.92 Å². The first-order valence-electron chi connectivity index (χ1n) is 11.0. The number of carbonyl (C=O) groups excluding carboxylic acids is 1. The molecule has 0 aromatic rings. The molecule has 0 heterocycles. The van der Waals surface area contributed by atoms with Crippen LogP contribution in [0, 0.1) is 0 Å². The van der Waals surface area contributed by atoms with Gasteiger partial charge >= 0.3 is 5.97 Å². The first-order valence-corrected chi connectivity index (χ1v) is 11.0. The molecule has 0 unspecified atom stereocenters. The van der Waals surface area contributed by atoms with Gasteiger partial charge in [0.25, 0.3) is 0 Å². The number of nitrogens with zero attached hydrogens (tertiary/aromatic N) is 1. The minimum atomic E-state index is -0.0310. The number of carbonyl (C=O) groups is 1. The van der Waals surface area contributed by atoms with Crippen LogP contribution in [0.4, 0.5) is 0 Å². The fourth-order valence-corrected chi connectivity index (χ4v) is 3.05. The van der Waals surface area contributed by atoms with Crippen LogP contribution >= 0.6 is 12.4 Å². The van der Waals surface area contributed by atoms with Crippen LogP contribution in [0.5, 0.6) is 0 Å². The Balaban J connectivity index is 0. The van der Waals surface area contributed by atoms with Crippen molar-refractivity contribution in [2.75, 3.05) is 27.2 Å². The number of halogens is 1. The highest BCUT2D eigenvalue weighted by Gasteiger charge is 2.02. The molecule has 4 heteroatoms. The van der Waals surface area contributed by atoms with E-state index in [4.69, 9.17) is 4.74 Å². The lowest BCUT2D eigenvalue weighted by Crippen LogP contribution is -2.20. The summed E-state index contributed by atoms with van der Waals surface area (Å²) in [6, 6.07) is 0. The molecule has 0 spiro atoms. The fraction of sp³-hybridized carbons (Fsp3) is 0.955. The van der Waals surface area contributed by atoms with Crippen LogP contribution < -0.4 is 0 Å². The van der Waals surface area contributed by atoms with Crippen LogP contribution in [0.15, 0.2) is 0 Å². The molecule has 158 valence electrons. The molecular weight excluding hydrogens is 346 g/mol. The topological polar surface area (TPSA) is 29.5 Å². The molecular formula is C22H46ClNO2. The average molecular weight is 392 g/mol. The van der Waals surface area contributed by atoms with E-state index in [1.54, 1.807) is 0 Å². The minimum absolute atomic E-state index is 0. The van der Waals surface area contributed by atoms with Crippen molar-refractivity contribution in [3.05, 3.63) is 0 Å². The maximum atomic E-state index is 11.5. The zero-order valence-electron chi connectivity index (χ0n) is 17.9. The Kier molecular flexibility index (Phi) is 24.5. The number of hydrogen-bond acceptors (Lipinski definition) is 3. The van der Waals surface area contributed by atoms with Crippen molar-refractivity contribution in [1.82, 2.24) is 4.90 Å². The SMILES string of the molecule is CCCCCCCCCCCCCCCCCC(=O)OCCN(C)C.Cl. The molecule has 0 amide bonds. The molecule has 0 aliphatic heterocycles. The molecule has 26 heavy (non-hydrogen) atoms. The van der Waals surface area contributed by atoms with Gasteiger partial charge in [-0.2, -0.15) is 0 Å². The Bertz CT molecular complexity index is 285. The Morgan fingerprint density at radius 1 is 0.692 bits per heavy atom. The van der Waals surface area contributed by atoms with Gasteiger partial charge < -0.3 is 9.64 Å². The lowest BCUT2D eigenvalue weighted by atomic mass is 10.0. The van der Waals surface area contributed by atoms with Crippen LogP contribution in [0.25, 0.3) is 0 Å². The molecule has 3 nitrogen and oxygen atoms in total. The summed E-state index contributed by atoms with van der Waals surface area (Å²) in [6.45, 7) is 3.61. The summed E-state index contributed by atoms with van der Waals surface area (Å²) in [5, 5.41) is 0. The van der Waals surface area contributed by atoms with Gasteiger partial charge in [-0.3, -0.25) is 4.79 Å². The Labute approximate surface area is 170 Å².